The SMILES string of the molecule is CC(Cc1cccc(N)c1)NCC(O)c1ccc(O)c(CO)c1. The van der Waals surface area contributed by atoms with E-state index in [1.54, 1.807) is 12.1 Å². The Labute approximate surface area is 136 Å². The zero-order valence-electron chi connectivity index (χ0n) is 13.2. The smallest absolute Gasteiger partial charge is 0.121 e. The van der Waals surface area contributed by atoms with Crippen molar-refractivity contribution in [2.75, 3.05) is 12.3 Å². The highest BCUT2D eigenvalue weighted by Crippen LogP contribution is 2.22. The number of aliphatic hydroxyl groups is 2. The number of benzene rings is 2. The molecule has 2 rings (SSSR count). The Morgan fingerprint density at radius 3 is 2.65 bits per heavy atom. The molecule has 2 unspecified atom stereocenters. The molecule has 0 amide bonds. The Morgan fingerprint density at radius 1 is 1.17 bits per heavy atom. The first-order valence-electron chi connectivity index (χ1n) is 7.68. The Balaban J connectivity index is 1.89. The van der Waals surface area contributed by atoms with Crippen LogP contribution < -0.4 is 11.1 Å². The van der Waals surface area contributed by atoms with Gasteiger partial charge in [-0.15, -0.1) is 0 Å². The van der Waals surface area contributed by atoms with E-state index in [0.29, 0.717) is 17.7 Å². The van der Waals surface area contributed by atoms with Crippen LogP contribution in [0.5, 0.6) is 5.75 Å². The van der Waals surface area contributed by atoms with Crippen molar-refractivity contribution in [2.45, 2.75) is 32.1 Å². The van der Waals surface area contributed by atoms with Gasteiger partial charge in [-0.05, 0) is 48.7 Å². The second kappa shape index (κ2) is 7.97. The molecule has 2 atom stereocenters. The van der Waals surface area contributed by atoms with E-state index in [1.807, 2.05) is 31.2 Å². The predicted molar refractivity (Wildman–Crippen MR) is 91.0 cm³/mol. The number of nitrogen functional groups attached to an aromatic ring is 1. The van der Waals surface area contributed by atoms with Crippen LogP contribution in [0.2, 0.25) is 0 Å². The number of aromatic hydroxyl groups is 1. The first-order chi connectivity index (χ1) is 11.0. The molecule has 0 aromatic heterocycles. The van der Waals surface area contributed by atoms with Crippen molar-refractivity contribution < 1.29 is 15.3 Å². The number of phenols is 1. The Kier molecular flexibility index (Phi) is 5.98. The third-order valence-electron chi connectivity index (χ3n) is 3.81. The minimum absolute atomic E-state index is 0.0337. The van der Waals surface area contributed by atoms with Gasteiger partial charge in [-0.25, -0.2) is 0 Å². The molecule has 124 valence electrons. The first kappa shape index (κ1) is 17.3. The second-order valence-corrected chi connectivity index (χ2v) is 5.82. The fourth-order valence-electron chi connectivity index (χ4n) is 2.52. The summed E-state index contributed by atoms with van der Waals surface area (Å²) in [6.07, 6.45) is 0.110. The molecule has 0 radical (unpaired) electrons. The lowest BCUT2D eigenvalue weighted by Crippen LogP contribution is -2.32. The first-order valence-corrected chi connectivity index (χ1v) is 7.68. The fourth-order valence-corrected chi connectivity index (χ4v) is 2.52. The molecule has 0 spiro atoms. The maximum atomic E-state index is 10.2. The number of anilines is 1. The van der Waals surface area contributed by atoms with Crippen molar-refractivity contribution in [3.63, 3.8) is 0 Å². The van der Waals surface area contributed by atoms with Crippen LogP contribution in [0, 0.1) is 0 Å². The van der Waals surface area contributed by atoms with Gasteiger partial charge in [-0.1, -0.05) is 18.2 Å². The summed E-state index contributed by atoms with van der Waals surface area (Å²) < 4.78 is 0. The molecule has 23 heavy (non-hydrogen) atoms. The van der Waals surface area contributed by atoms with Crippen molar-refractivity contribution in [3.8, 4) is 5.75 Å². The van der Waals surface area contributed by atoms with Crippen molar-refractivity contribution in [2.24, 2.45) is 0 Å². The summed E-state index contributed by atoms with van der Waals surface area (Å²) in [4.78, 5) is 0. The summed E-state index contributed by atoms with van der Waals surface area (Å²) in [5.41, 5.74) is 8.74. The monoisotopic (exact) mass is 316 g/mol. The molecule has 2 aromatic rings. The average Bonchev–Trinajstić information content (AvgIpc) is 2.53. The standard InChI is InChI=1S/C18H24N2O3/c1-12(7-13-3-2-4-16(19)8-13)20-10-18(23)14-5-6-17(22)15(9-14)11-21/h2-6,8-9,12,18,20-23H,7,10-11,19H2,1H3. The highest BCUT2D eigenvalue weighted by atomic mass is 16.3. The normalized spacial score (nSPS) is 13.7. The van der Waals surface area contributed by atoms with Gasteiger partial charge in [0.25, 0.3) is 0 Å². The highest BCUT2D eigenvalue weighted by Gasteiger charge is 2.12. The van der Waals surface area contributed by atoms with E-state index < -0.39 is 6.10 Å². The molecule has 0 saturated heterocycles. The Morgan fingerprint density at radius 2 is 1.96 bits per heavy atom. The molecular weight excluding hydrogens is 292 g/mol. The van der Waals surface area contributed by atoms with E-state index in [9.17, 15) is 10.2 Å². The van der Waals surface area contributed by atoms with E-state index in [1.165, 1.54) is 6.07 Å². The lowest BCUT2D eigenvalue weighted by Gasteiger charge is -2.18. The molecule has 6 N–H and O–H groups in total. The van der Waals surface area contributed by atoms with Gasteiger partial charge in [0.1, 0.15) is 5.75 Å². The van der Waals surface area contributed by atoms with Crippen molar-refractivity contribution in [1.82, 2.24) is 5.32 Å². The third kappa shape index (κ3) is 4.96. The maximum Gasteiger partial charge on any atom is 0.121 e. The van der Waals surface area contributed by atoms with Gasteiger partial charge in [0.05, 0.1) is 12.7 Å². The summed E-state index contributed by atoms with van der Waals surface area (Å²) >= 11 is 0. The van der Waals surface area contributed by atoms with Gasteiger partial charge in [-0.3, -0.25) is 0 Å². The molecule has 5 heteroatoms. The van der Waals surface area contributed by atoms with Gasteiger partial charge < -0.3 is 26.4 Å². The van der Waals surface area contributed by atoms with Crippen LogP contribution in [-0.2, 0) is 13.0 Å². The maximum absolute atomic E-state index is 10.2. The minimum atomic E-state index is -0.704. The summed E-state index contributed by atoms with van der Waals surface area (Å²) in [7, 11) is 0. The van der Waals surface area contributed by atoms with Crippen molar-refractivity contribution >= 4 is 5.69 Å². The summed E-state index contributed by atoms with van der Waals surface area (Å²) in [6, 6.07) is 12.7. The summed E-state index contributed by atoms with van der Waals surface area (Å²) in [5.74, 6) is 0.0337. The van der Waals surface area contributed by atoms with Crippen LogP contribution in [0.15, 0.2) is 42.5 Å². The number of nitrogens with two attached hydrogens (primary N) is 1. The van der Waals surface area contributed by atoms with Gasteiger partial charge in [0.15, 0.2) is 0 Å². The molecule has 2 aromatic carbocycles. The molecule has 0 aliphatic carbocycles. The largest absolute Gasteiger partial charge is 0.508 e. The van der Waals surface area contributed by atoms with Crippen LogP contribution in [0.3, 0.4) is 0 Å². The molecule has 0 saturated carbocycles. The van der Waals surface area contributed by atoms with Crippen LogP contribution in [0.25, 0.3) is 0 Å². The topological polar surface area (TPSA) is 98.7 Å². The lowest BCUT2D eigenvalue weighted by atomic mass is 10.0. The number of hydrogen-bond donors (Lipinski definition) is 5. The molecule has 0 bridgehead atoms. The van der Waals surface area contributed by atoms with E-state index in [2.05, 4.69) is 5.32 Å². The number of hydrogen-bond acceptors (Lipinski definition) is 5. The van der Waals surface area contributed by atoms with Gasteiger partial charge in [0.2, 0.25) is 0 Å². The van der Waals surface area contributed by atoms with E-state index in [0.717, 1.165) is 17.7 Å². The van der Waals surface area contributed by atoms with Gasteiger partial charge in [0, 0.05) is 23.8 Å². The third-order valence-corrected chi connectivity index (χ3v) is 3.81. The van der Waals surface area contributed by atoms with E-state index in [4.69, 9.17) is 10.8 Å². The lowest BCUT2D eigenvalue weighted by molar-refractivity contribution is 0.170. The number of nitrogens with one attached hydrogen (secondary N) is 1. The van der Waals surface area contributed by atoms with Gasteiger partial charge >= 0.3 is 0 Å². The molecule has 0 aliphatic heterocycles. The molecule has 0 aliphatic rings. The zero-order valence-corrected chi connectivity index (χ0v) is 13.2. The molecule has 5 nitrogen and oxygen atoms in total. The van der Waals surface area contributed by atoms with Crippen LogP contribution >= 0.6 is 0 Å². The number of aliphatic hydroxyl groups excluding tert-OH is 2. The Bertz CT molecular complexity index is 646. The fraction of sp³-hybridized carbons (Fsp3) is 0.333. The summed E-state index contributed by atoms with van der Waals surface area (Å²) in [5, 5.41) is 32.2. The minimum Gasteiger partial charge on any atom is -0.508 e. The van der Waals surface area contributed by atoms with Crippen LogP contribution in [0.4, 0.5) is 5.69 Å². The molecular formula is C18H24N2O3. The highest BCUT2D eigenvalue weighted by molar-refractivity contribution is 5.40. The average molecular weight is 316 g/mol. The van der Waals surface area contributed by atoms with Crippen molar-refractivity contribution in [3.05, 3.63) is 59.2 Å². The predicted octanol–water partition coefficient (Wildman–Crippen LogP) is 1.72. The van der Waals surface area contributed by atoms with Crippen LogP contribution in [-0.4, -0.2) is 27.9 Å². The van der Waals surface area contributed by atoms with E-state index in [-0.39, 0.29) is 18.4 Å². The number of rotatable bonds is 7. The molecule has 0 fully saturated rings. The van der Waals surface area contributed by atoms with Crippen LogP contribution in [0.1, 0.15) is 29.7 Å². The summed E-state index contributed by atoms with van der Waals surface area (Å²) in [6.45, 7) is 2.18. The van der Waals surface area contributed by atoms with E-state index >= 15 is 0 Å². The van der Waals surface area contributed by atoms with Crippen molar-refractivity contribution in [1.29, 1.82) is 0 Å². The quantitative estimate of drug-likeness (QED) is 0.501. The zero-order chi connectivity index (χ0) is 16.8. The molecule has 0 heterocycles. The second-order valence-electron chi connectivity index (χ2n) is 5.82. The van der Waals surface area contributed by atoms with Gasteiger partial charge in [-0.2, -0.15) is 0 Å². The Hall–Kier alpha value is -2.08.